The number of para-hydroxylation sites is 1. The number of benzene rings is 3. The van der Waals surface area contributed by atoms with Crippen LogP contribution in [0.2, 0.25) is 5.02 Å². The monoisotopic (exact) mass is 709 g/mol. The minimum Gasteiger partial charge on any atom is -0.455 e. The Bertz CT molecular complexity index is 1850. The molecule has 0 radical (unpaired) electrons. The van der Waals surface area contributed by atoms with Gasteiger partial charge in [-0.3, -0.25) is 19.2 Å². The van der Waals surface area contributed by atoms with Crippen LogP contribution in [0.25, 0.3) is 0 Å². The standard InChI is InChI=1S/C40H40ClN3O7/c1-25-12-11-17-29(41)35(25)43-21-10-4-9-18-32(46)42-23-31(27-15-7-3-8-16-27)50-39(49)33-30-19-20-40(51-30)34(33)37(47)44(36(40)38(43)48)28(24-45)22-26-13-5-2-6-14-26/h2-8,10-17,19-20,28,30-31,33-34,36,45H,9,18,21-24H2,1H3,(H,42,46)/b10-4-/t28-,30+,31+,33-,34-,36+,40-/m1/s1. The molecular formula is C40H40ClN3O7. The van der Waals surface area contributed by atoms with Crippen LogP contribution in [0.3, 0.4) is 0 Å². The first-order valence-corrected chi connectivity index (χ1v) is 17.7. The Morgan fingerprint density at radius 2 is 1.71 bits per heavy atom. The number of carbonyl (C=O) groups is 4. The molecular weight excluding hydrogens is 670 g/mol. The van der Waals surface area contributed by atoms with E-state index in [-0.39, 0.29) is 31.8 Å². The van der Waals surface area contributed by atoms with E-state index in [0.717, 1.165) is 11.1 Å². The van der Waals surface area contributed by atoms with E-state index >= 15 is 4.79 Å². The summed E-state index contributed by atoms with van der Waals surface area (Å²) in [5.41, 5.74) is 1.24. The third-order valence-electron chi connectivity index (χ3n) is 10.4. The van der Waals surface area contributed by atoms with E-state index in [0.29, 0.717) is 22.7 Å². The summed E-state index contributed by atoms with van der Waals surface area (Å²) >= 11 is 6.78. The zero-order valence-corrected chi connectivity index (χ0v) is 28.9. The molecule has 0 saturated carbocycles. The van der Waals surface area contributed by atoms with Crippen molar-refractivity contribution in [3.63, 3.8) is 0 Å². The molecule has 5 bridgehead atoms. The lowest BCUT2D eigenvalue weighted by molar-refractivity contribution is -0.160. The second-order valence-electron chi connectivity index (χ2n) is 13.5. The molecule has 3 aromatic carbocycles. The number of allylic oxidation sites excluding steroid dienone is 1. The fraction of sp³-hybridized carbons (Fsp3) is 0.350. The van der Waals surface area contributed by atoms with Crippen molar-refractivity contribution in [2.24, 2.45) is 11.8 Å². The summed E-state index contributed by atoms with van der Waals surface area (Å²) in [7, 11) is 0. The summed E-state index contributed by atoms with van der Waals surface area (Å²) in [6.07, 6.45) is 6.27. The number of halogens is 1. The van der Waals surface area contributed by atoms with Crippen LogP contribution < -0.4 is 10.2 Å². The van der Waals surface area contributed by atoms with Gasteiger partial charge in [-0.15, -0.1) is 0 Å². The van der Waals surface area contributed by atoms with E-state index in [2.05, 4.69) is 5.32 Å². The van der Waals surface area contributed by atoms with Crippen molar-refractivity contribution >= 4 is 41.0 Å². The highest BCUT2D eigenvalue weighted by atomic mass is 35.5. The second kappa shape index (κ2) is 14.5. The van der Waals surface area contributed by atoms with Gasteiger partial charge in [-0.05, 0) is 42.5 Å². The molecule has 10 nitrogen and oxygen atoms in total. The van der Waals surface area contributed by atoms with Crippen LogP contribution in [0.15, 0.2) is 103 Å². The maximum Gasteiger partial charge on any atom is 0.313 e. The van der Waals surface area contributed by atoms with E-state index in [1.54, 1.807) is 30.4 Å². The summed E-state index contributed by atoms with van der Waals surface area (Å²) in [5, 5.41) is 14.1. The Balaban J connectivity index is 1.36. The first kappa shape index (κ1) is 34.7. The van der Waals surface area contributed by atoms with E-state index in [1.165, 1.54) is 9.80 Å². The number of likely N-dealkylation sites (tertiary alicyclic amines) is 1. The van der Waals surface area contributed by atoms with Crippen molar-refractivity contribution in [2.75, 3.05) is 24.6 Å². The topological polar surface area (TPSA) is 125 Å². The second-order valence-corrected chi connectivity index (χ2v) is 13.9. The number of fused-ring (bicyclic) bond motifs is 2. The molecule has 7 atom stereocenters. The zero-order chi connectivity index (χ0) is 35.7. The first-order chi connectivity index (χ1) is 24.7. The van der Waals surface area contributed by atoms with Crippen LogP contribution in [-0.2, 0) is 35.1 Å². The summed E-state index contributed by atoms with van der Waals surface area (Å²) in [6, 6.07) is 21.8. The minimum absolute atomic E-state index is 0.0343. The number of hydrogen-bond donors (Lipinski definition) is 2. The van der Waals surface area contributed by atoms with Gasteiger partial charge < -0.3 is 29.7 Å². The van der Waals surface area contributed by atoms with Crippen LogP contribution in [0.1, 0.15) is 35.6 Å². The molecule has 2 fully saturated rings. The third-order valence-corrected chi connectivity index (χ3v) is 10.7. The van der Waals surface area contributed by atoms with Crippen LogP contribution in [0.5, 0.6) is 0 Å². The summed E-state index contributed by atoms with van der Waals surface area (Å²) in [4.78, 5) is 60.4. The predicted molar refractivity (Wildman–Crippen MR) is 191 cm³/mol. The number of cyclic esters (lactones) is 1. The molecule has 0 aliphatic carbocycles. The SMILES string of the molecule is Cc1cccc(Cl)c1N1C/C=C\CCC(=O)NC[C@@H](c2ccccc2)OC(=O)[C@@H]2[C@@H]3C=C[C@]4(O3)[C@H](C1=O)N([C@@H](CO)Cc1ccccc1)C(=O)[C@@H]24. The van der Waals surface area contributed by atoms with Crippen molar-refractivity contribution in [2.45, 2.75) is 56.1 Å². The molecule has 2 N–H and O–H groups in total. The smallest absolute Gasteiger partial charge is 0.313 e. The molecule has 1 spiro atoms. The first-order valence-electron chi connectivity index (χ1n) is 17.3. The highest BCUT2D eigenvalue weighted by molar-refractivity contribution is 6.34. The van der Waals surface area contributed by atoms with Crippen LogP contribution in [0, 0.1) is 18.8 Å². The molecule has 51 heavy (non-hydrogen) atoms. The maximum absolute atomic E-state index is 15.3. The Hall–Kier alpha value is -4.77. The summed E-state index contributed by atoms with van der Waals surface area (Å²) in [6.45, 7) is 1.53. The average Bonchev–Trinajstić information content (AvgIpc) is 3.78. The number of nitrogens with zero attached hydrogens (tertiary/aromatic N) is 2. The average molecular weight is 710 g/mol. The quantitative estimate of drug-likeness (QED) is 0.286. The zero-order valence-electron chi connectivity index (χ0n) is 28.2. The summed E-state index contributed by atoms with van der Waals surface area (Å²) < 4.78 is 12.8. The molecule has 11 heteroatoms. The molecule has 2 saturated heterocycles. The fourth-order valence-corrected chi connectivity index (χ4v) is 8.34. The Morgan fingerprint density at radius 3 is 2.43 bits per heavy atom. The Labute approximate surface area is 301 Å². The van der Waals surface area contributed by atoms with Crippen LogP contribution in [0.4, 0.5) is 5.69 Å². The fourth-order valence-electron chi connectivity index (χ4n) is 8.01. The van der Waals surface area contributed by atoms with Gasteiger partial charge in [0.05, 0.1) is 41.9 Å². The lowest BCUT2D eigenvalue weighted by Crippen LogP contribution is -2.59. The van der Waals surface area contributed by atoms with Gasteiger partial charge in [0.25, 0.3) is 5.91 Å². The van der Waals surface area contributed by atoms with Crippen molar-refractivity contribution in [3.05, 3.63) is 125 Å². The van der Waals surface area contributed by atoms with Gasteiger partial charge in [0.15, 0.2) is 0 Å². The highest BCUT2D eigenvalue weighted by Gasteiger charge is 2.74. The number of esters is 1. The molecule has 0 unspecified atom stereocenters. The van der Waals surface area contributed by atoms with E-state index in [1.807, 2.05) is 79.7 Å². The molecule has 3 amide bonds. The normalized spacial score (nSPS) is 29.1. The maximum atomic E-state index is 15.3. The molecule has 7 rings (SSSR count). The highest BCUT2D eigenvalue weighted by Crippen LogP contribution is 2.56. The Morgan fingerprint density at radius 1 is 0.961 bits per heavy atom. The van der Waals surface area contributed by atoms with E-state index < -0.39 is 66.1 Å². The largest absolute Gasteiger partial charge is 0.455 e. The van der Waals surface area contributed by atoms with Crippen molar-refractivity contribution in [1.82, 2.24) is 10.2 Å². The number of anilines is 1. The van der Waals surface area contributed by atoms with Crippen LogP contribution in [-0.4, -0.2) is 77.2 Å². The number of hydrogen-bond acceptors (Lipinski definition) is 7. The number of nitrogens with one attached hydrogen (secondary N) is 1. The number of amides is 3. The molecule has 3 aromatic rings. The lowest BCUT2D eigenvalue weighted by Gasteiger charge is -2.39. The van der Waals surface area contributed by atoms with E-state index in [4.69, 9.17) is 21.1 Å². The van der Waals surface area contributed by atoms with Gasteiger partial charge >= 0.3 is 5.97 Å². The molecule has 4 aliphatic heterocycles. The van der Waals surface area contributed by atoms with Crippen LogP contribution >= 0.6 is 11.6 Å². The number of aliphatic hydroxyl groups excluding tert-OH is 1. The number of ether oxygens (including phenoxy) is 2. The Kier molecular flexibility index (Phi) is 9.83. The number of carbonyl (C=O) groups excluding carboxylic acids is 4. The number of aliphatic hydroxyl groups is 1. The van der Waals surface area contributed by atoms with Gasteiger partial charge in [-0.1, -0.05) is 109 Å². The molecule has 4 aliphatic rings. The lowest BCUT2D eigenvalue weighted by atomic mass is 9.74. The minimum atomic E-state index is -1.52. The number of rotatable bonds is 6. The van der Waals surface area contributed by atoms with Gasteiger partial charge in [-0.25, -0.2) is 0 Å². The third kappa shape index (κ3) is 6.37. The van der Waals surface area contributed by atoms with Gasteiger partial charge in [-0.2, -0.15) is 0 Å². The van der Waals surface area contributed by atoms with Gasteiger partial charge in [0, 0.05) is 13.0 Å². The van der Waals surface area contributed by atoms with Gasteiger partial charge in [0.1, 0.15) is 23.7 Å². The molecule has 0 aromatic heterocycles. The van der Waals surface area contributed by atoms with Crippen molar-refractivity contribution in [1.29, 1.82) is 0 Å². The van der Waals surface area contributed by atoms with E-state index in [9.17, 15) is 19.5 Å². The predicted octanol–water partition coefficient (Wildman–Crippen LogP) is 4.49. The number of aryl methyl sites for hydroxylation is 1. The van der Waals surface area contributed by atoms with Crippen molar-refractivity contribution in [3.8, 4) is 0 Å². The van der Waals surface area contributed by atoms with Crippen molar-refractivity contribution < 1.29 is 33.8 Å². The van der Waals surface area contributed by atoms with Gasteiger partial charge in [0.2, 0.25) is 11.8 Å². The summed E-state index contributed by atoms with van der Waals surface area (Å²) in [5.74, 6) is -4.03. The molecule has 4 heterocycles. The molecule has 264 valence electrons.